The average molecular weight is 279 g/mol. The monoisotopic (exact) mass is 278 g/mol. The van der Waals surface area contributed by atoms with Crippen LogP contribution in [0.15, 0.2) is 36.4 Å². The van der Waals surface area contributed by atoms with Gasteiger partial charge in [-0.05, 0) is 36.4 Å². The minimum Gasteiger partial charge on any atom is -0.504 e. The molecule has 0 saturated heterocycles. The maximum absolute atomic E-state index is 11.9. The third kappa shape index (κ3) is 2.89. The number of halogens is 1. The van der Waals surface area contributed by atoms with E-state index in [9.17, 15) is 15.0 Å². The summed E-state index contributed by atoms with van der Waals surface area (Å²) in [5.41, 5.74) is 6.65. The van der Waals surface area contributed by atoms with Gasteiger partial charge in [-0.25, -0.2) is 0 Å². The second kappa shape index (κ2) is 5.07. The zero-order chi connectivity index (χ0) is 14.0. The summed E-state index contributed by atoms with van der Waals surface area (Å²) in [5.74, 6) is -1.13. The van der Waals surface area contributed by atoms with Crippen LogP contribution in [0.1, 0.15) is 10.4 Å². The van der Waals surface area contributed by atoms with Crippen molar-refractivity contribution in [2.75, 3.05) is 11.1 Å². The summed E-state index contributed by atoms with van der Waals surface area (Å²) in [6, 6.07) is 8.47. The lowest BCUT2D eigenvalue weighted by Gasteiger charge is -2.09. The van der Waals surface area contributed by atoms with Crippen LogP contribution in [0.2, 0.25) is 5.02 Å². The number of phenolic OH excluding ortho intramolecular Hbond substituents is 2. The molecule has 0 bridgehead atoms. The van der Waals surface area contributed by atoms with Crippen LogP contribution in [0, 0.1) is 0 Å². The summed E-state index contributed by atoms with van der Waals surface area (Å²) >= 11 is 5.81. The lowest BCUT2D eigenvalue weighted by Crippen LogP contribution is -2.13. The number of carbonyl (C=O) groups excluding carboxylic acids is 1. The van der Waals surface area contributed by atoms with Crippen molar-refractivity contribution in [3.8, 4) is 11.5 Å². The van der Waals surface area contributed by atoms with Gasteiger partial charge >= 0.3 is 0 Å². The van der Waals surface area contributed by atoms with Gasteiger partial charge in [0.1, 0.15) is 0 Å². The number of hydrogen-bond donors (Lipinski definition) is 4. The van der Waals surface area contributed by atoms with Gasteiger partial charge in [0.25, 0.3) is 5.91 Å². The molecule has 0 radical (unpaired) electrons. The van der Waals surface area contributed by atoms with E-state index in [1.165, 1.54) is 18.2 Å². The number of nitrogen functional groups attached to an aromatic ring is 1. The smallest absolute Gasteiger partial charge is 0.255 e. The Hall–Kier alpha value is -2.40. The minimum absolute atomic E-state index is 0.190. The van der Waals surface area contributed by atoms with Crippen LogP contribution in [0.25, 0.3) is 0 Å². The Morgan fingerprint density at radius 3 is 2.53 bits per heavy atom. The molecule has 0 aliphatic heterocycles. The molecule has 6 heteroatoms. The van der Waals surface area contributed by atoms with Crippen LogP contribution in [0.5, 0.6) is 11.5 Å². The highest BCUT2D eigenvalue weighted by Gasteiger charge is 2.10. The molecular formula is C13H11ClN2O3. The molecule has 0 heterocycles. The van der Waals surface area contributed by atoms with Crippen molar-refractivity contribution in [1.82, 2.24) is 0 Å². The van der Waals surface area contributed by atoms with Crippen LogP contribution < -0.4 is 11.1 Å². The van der Waals surface area contributed by atoms with Crippen molar-refractivity contribution < 1.29 is 15.0 Å². The van der Waals surface area contributed by atoms with Crippen molar-refractivity contribution >= 4 is 28.9 Å². The molecule has 0 aliphatic carbocycles. The molecule has 2 aromatic rings. The normalized spacial score (nSPS) is 10.2. The van der Waals surface area contributed by atoms with E-state index in [0.717, 1.165) is 6.07 Å². The number of phenols is 2. The van der Waals surface area contributed by atoms with Gasteiger partial charge in [0, 0.05) is 10.6 Å². The van der Waals surface area contributed by atoms with Crippen LogP contribution in [-0.4, -0.2) is 16.1 Å². The summed E-state index contributed by atoms with van der Waals surface area (Å²) in [4.78, 5) is 11.9. The van der Waals surface area contributed by atoms with Crippen molar-refractivity contribution in [2.45, 2.75) is 0 Å². The zero-order valence-electron chi connectivity index (χ0n) is 9.72. The van der Waals surface area contributed by atoms with Gasteiger partial charge in [-0.15, -0.1) is 0 Å². The van der Waals surface area contributed by atoms with E-state index in [2.05, 4.69) is 5.32 Å². The SMILES string of the molecule is Nc1ccc(Cl)cc1NC(=O)c1ccc(O)c(O)c1. The molecule has 2 rings (SSSR count). The predicted octanol–water partition coefficient (Wildman–Crippen LogP) is 2.59. The quantitative estimate of drug-likeness (QED) is 0.501. The third-order valence-electron chi connectivity index (χ3n) is 2.50. The molecule has 5 N–H and O–H groups in total. The Labute approximate surface area is 114 Å². The zero-order valence-corrected chi connectivity index (χ0v) is 10.5. The van der Waals surface area contributed by atoms with Crippen molar-refractivity contribution in [3.05, 3.63) is 47.0 Å². The number of nitrogens with one attached hydrogen (secondary N) is 1. The number of hydrogen-bond acceptors (Lipinski definition) is 4. The first-order valence-corrected chi connectivity index (χ1v) is 5.73. The lowest BCUT2D eigenvalue weighted by molar-refractivity contribution is 0.102. The first-order chi connectivity index (χ1) is 8.97. The summed E-state index contributed by atoms with van der Waals surface area (Å²) in [6.07, 6.45) is 0. The summed E-state index contributed by atoms with van der Waals surface area (Å²) in [5, 5.41) is 21.5. The number of benzene rings is 2. The first-order valence-electron chi connectivity index (χ1n) is 5.36. The highest BCUT2D eigenvalue weighted by Crippen LogP contribution is 2.27. The summed E-state index contributed by atoms with van der Waals surface area (Å²) < 4.78 is 0. The molecule has 0 unspecified atom stereocenters. The minimum atomic E-state index is -0.468. The number of amides is 1. The molecule has 0 atom stereocenters. The molecule has 0 aliphatic rings. The molecule has 0 spiro atoms. The topological polar surface area (TPSA) is 95.6 Å². The number of anilines is 2. The fourth-order valence-corrected chi connectivity index (χ4v) is 1.67. The molecule has 2 aromatic carbocycles. The van der Waals surface area contributed by atoms with Crippen molar-refractivity contribution in [2.24, 2.45) is 0 Å². The standard InChI is InChI=1S/C13H11ClN2O3/c14-8-2-3-9(15)10(6-8)16-13(19)7-1-4-11(17)12(18)5-7/h1-6,17-18H,15H2,(H,16,19). The van der Waals surface area contributed by atoms with E-state index in [1.807, 2.05) is 0 Å². The summed E-state index contributed by atoms with van der Waals surface area (Å²) in [7, 11) is 0. The van der Waals surface area contributed by atoms with Crippen molar-refractivity contribution in [3.63, 3.8) is 0 Å². The van der Waals surface area contributed by atoms with Gasteiger partial charge < -0.3 is 21.3 Å². The van der Waals surface area contributed by atoms with E-state index in [0.29, 0.717) is 16.4 Å². The Bertz CT molecular complexity index is 644. The Morgan fingerprint density at radius 2 is 1.84 bits per heavy atom. The van der Waals surface area contributed by atoms with E-state index in [1.54, 1.807) is 12.1 Å². The van der Waals surface area contributed by atoms with E-state index in [4.69, 9.17) is 17.3 Å². The van der Waals surface area contributed by atoms with Crippen LogP contribution in [0.4, 0.5) is 11.4 Å². The van der Waals surface area contributed by atoms with Gasteiger partial charge in [0.2, 0.25) is 0 Å². The second-order valence-corrected chi connectivity index (χ2v) is 4.33. The average Bonchev–Trinajstić information content (AvgIpc) is 2.37. The van der Waals surface area contributed by atoms with Gasteiger partial charge in [-0.3, -0.25) is 4.79 Å². The third-order valence-corrected chi connectivity index (χ3v) is 2.74. The largest absolute Gasteiger partial charge is 0.504 e. The highest BCUT2D eigenvalue weighted by molar-refractivity contribution is 6.31. The van der Waals surface area contributed by atoms with Crippen LogP contribution >= 0.6 is 11.6 Å². The maximum Gasteiger partial charge on any atom is 0.255 e. The fraction of sp³-hybridized carbons (Fsp3) is 0. The number of nitrogens with two attached hydrogens (primary N) is 1. The van der Waals surface area contributed by atoms with Gasteiger partial charge in [-0.1, -0.05) is 11.6 Å². The maximum atomic E-state index is 11.9. The molecule has 98 valence electrons. The Kier molecular flexibility index (Phi) is 3.48. The lowest BCUT2D eigenvalue weighted by atomic mass is 10.2. The van der Waals surface area contributed by atoms with E-state index >= 15 is 0 Å². The van der Waals surface area contributed by atoms with Crippen LogP contribution in [-0.2, 0) is 0 Å². The van der Waals surface area contributed by atoms with Crippen molar-refractivity contribution in [1.29, 1.82) is 0 Å². The molecule has 1 amide bonds. The molecule has 0 aromatic heterocycles. The number of rotatable bonds is 2. The van der Waals surface area contributed by atoms with Gasteiger partial charge in [0.15, 0.2) is 11.5 Å². The van der Waals surface area contributed by atoms with E-state index < -0.39 is 5.91 Å². The summed E-state index contributed by atoms with van der Waals surface area (Å²) in [6.45, 7) is 0. The highest BCUT2D eigenvalue weighted by atomic mass is 35.5. The molecular weight excluding hydrogens is 268 g/mol. The predicted molar refractivity (Wildman–Crippen MR) is 73.6 cm³/mol. The second-order valence-electron chi connectivity index (χ2n) is 3.89. The number of carbonyl (C=O) groups is 1. The Morgan fingerprint density at radius 1 is 1.11 bits per heavy atom. The molecule has 19 heavy (non-hydrogen) atoms. The fourth-order valence-electron chi connectivity index (χ4n) is 1.50. The number of aromatic hydroxyl groups is 2. The molecule has 5 nitrogen and oxygen atoms in total. The first kappa shape index (κ1) is 13.0. The Balaban J connectivity index is 2.25. The molecule has 0 fully saturated rings. The molecule has 0 saturated carbocycles. The van der Waals surface area contributed by atoms with Gasteiger partial charge in [0.05, 0.1) is 11.4 Å². The van der Waals surface area contributed by atoms with E-state index in [-0.39, 0.29) is 17.1 Å². The van der Waals surface area contributed by atoms with Gasteiger partial charge in [-0.2, -0.15) is 0 Å². The van der Waals surface area contributed by atoms with Crippen LogP contribution in [0.3, 0.4) is 0 Å².